The first-order valence-corrected chi connectivity index (χ1v) is 13.5. The van der Waals surface area contributed by atoms with Crippen molar-refractivity contribution in [2.24, 2.45) is 5.41 Å². The van der Waals surface area contributed by atoms with Crippen LogP contribution in [-0.4, -0.2) is 39.0 Å². The molecule has 2 aromatic carbocycles. The quantitative estimate of drug-likeness (QED) is 0.273. The van der Waals surface area contributed by atoms with Crippen molar-refractivity contribution in [1.82, 2.24) is 20.3 Å². The van der Waals surface area contributed by atoms with Crippen LogP contribution in [0.1, 0.15) is 45.1 Å². The zero-order valence-electron chi connectivity index (χ0n) is 21.9. The molecule has 3 atom stereocenters. The summed E-state index contributed by atoms with van der Waals surface area (Å²) in [6.07, 6.45) is 6.76. The zero-order chi connectivity index (χ0) is 26.2. The van der Waals surface area contributed by atoms with Gasteiger partial charge in [0.1, 0.15) is 17.1 Å². The highest BCUT2D eigenvalue weighted by atomic mass is 16.5. The van der Waals surface area contributed by atoms with E-state index in [1.807, 2.05) is 37.3 Å². The van der Waals surface area contributed by atoms with Crippen LogP contribution in [0.4, 0.5) is 5.82 Å². The summed E-state index contributed by atoms with van der Waals surface area (Å²) in [6.45, 7) is 4.87. The number of hydrogen-bond acceptors (Lipinski definition) is 6. The Morgan fingerprint density at radius 2 is 1.89 bits per heavy atom. The molecule has 2 aromatic heterocycles. The maximum Gasteiger partial charge on any atom is 0.227 e. The maximum absolute atomic E-state index is 12.9. The summed E-state index contributed by atoms with van der Waals surface area (Å²) in [5.41, 5.74) is 4.50. The number of fused-ring (bicyclic) bond motifs is 1. The molecule has 2 fully saturated rings. The molecule has 194 valence electrons. The average molecular weight is 508 g/mol. The lowest BCUT2D eigenvalue weighted by atomic mass is 9.95. The molecule has 2 aliphatic rings. The number of aryl methyl sites for hydroxylation is 1. The van der Waals surface area contributed by atoms with Crippen molar-refractivity contribution >= 4 is 22.9 Å². The lowest BCUT2D eigenvalue weighted by Crippen LogP contribution is -2.17. The first kappa shape index (κ1) is 24.5. The molecule has 1 saturated heterocycles. The standard InChI is InChI=1S/C31H33N5O2/c1-3-38-25-14-8-7-13-22(25)24-19-32-23-15-16-27(35-29(23)33-24)34-28(37)18-26-31(36-26)20-30(31,2)17-9-12-21-10-5-4-6-11-21/h4-8,10-11,13-16,19,26,36H,3,9,12,17-18,20H2,1-2H3,(H,33,34,35,37)/t26?,30-,31?/m0/s1. The smallest absolute Gasteiger partial charge is 0.227 e. The number of para-hydroxylation sites is 1. The largest absolute Gasteiger partial charge is 0.493 e. The van der Waals surface area contributed by atoms with E-state index >= 15 is 0 Å². The summed E-state index contributed by atoms with van der Waals surface area (Å²) >= 11 is 0. The van der Waals surface area contributed by atoms with Gasteiger partial charge in [0.2, 0.25) is 5.91 Å². The molecule has 2 N–H and O–H groups in total. The molecule has 1 aliphatic carbocycles. The predicted molar refractivity (Wildman–Crippen MR) is 149 cm³/mol. The number of anilines is 1. The summed E-state index contributed by atoms with van der Waals surface area (Å²) in [4.78, 5) is 26.7. The van der Waals surface area contributed by atoms with Gasteiger partial charge in [-0.2, -0.15) is 0 Å². The Hall–Kier alpha value is -3.84. The molecule has 6 rings (SSSR count). The molecule has 4 aromatic rings. The number of nitrogens with zero attached hydrogens (tertiary/aromatic N) is 3. The van der Waals surface area contributed by atoms with Gasteiger partial charge in [-0.3, -0.25) is 9.78 Å². The lowest BCUT2D eigenvalue weighted by Gasteiger charge is -2.10. The number of carbonyl (C=O) groups excluding carboxylic acids is 1. The van der Waals surface area contributed by atoms with Gasteiger partial charge < -0.3 is 15.4 Å². The molecule has 1 aliphatic heterocycles. The van der Waals surface area contributed by atoms with E-state index in [4.69, 9.17) is 9.72 Å². The molecule has 7 heteroatoms. The molecule has 7 nitrogen and oxygen atoms in total. The van der Waals surface area contributed by atoms with Crippen LogP contribution in [0.2, 0.25) is 0 Å². The third kappa shape index (κ3) is 4.74. The van der Waals surface area contributed by atoms with E-state index in [1.165, 1.54) is 18.4 Å². The van der Waals surface area contributed by atoms with Gasteiger partial charge in [-0.05, 0) is 67.9 Å². The third-order valence-corrected chi connectivity index (χ3v) is 8.13. The highest BCUT2D eigenvalue weighted by molar-refractivity contribution is 5.92. The summed E-state index contributed by atoms with van der Waals surface area (Å²) in [6, 6.07) is 22.3. The lowest BCUT2D eigenvalue weighted by molar-refractivity contribution is -0.116. The summed E-state index contributed by atoms with van der Waals surface area (Å²) < 4.78 is 5.75. The third-order valence-electron chi connectivity index (χ3n) is 8.13. The molecular formula is C31H33N5O2. The number of nitrogens with one attached hydrogen (secondary N) is 2. The SMILES string of the molecule is CCOc1ccccc1-c1cnc2ccc(NC(=O)CC3NC34C[C@]4(C)CCCc3ccccc3)nc2n1. The van der Waals surface area contributed by atoms with E-state index in [-0.39, 0.29) is 22.9 Å². The van der Waals surface area contributed by atoms with Crippen LogP contribution in [0.3, 0.4) is 0 Å². The second-order valence-electron chi connectivity index (χ2n) is 10.7. The molecular weight excluding hydrogens is 474 g/mol. The second-order valence-corrected chi connectivity index (χ2v) is 10.7. The van der Waals surface area contributed by atoms with Crippen molar-refractivity contribution in [3.05, 3.63) is 78.5 Å². The van der Waals surface area contributed by atoms with Crippen LogP contribution in [0.5, 0.6) is 5.75 Å². The van der Waals surface area contributed by atoms with Gasteiger partial charge in [-0.15, -0.1) is 0 Å². The first-order chi connectivity index (χ1) is 18.5. The number of pyridine rings is 1. The number of aromatic nitrogens is 3. The number of hydrogen-bond donors (Lipinski definition) is 2. The molecule has 38 heavy (non-hydrogen) atoms. The van der Waals surface area contributed by atoms with Gasteiger partial charge in [0, 0.05) is 23.6 Å². The highest BCUT2D eigenvalue weighted by Crippen LogP contribution is 2.68. The van der Waals surface area contributed by atoms with Gasteiger partial charge in [0.05, 0.1) is 18.5 Å². The van der Waals surface area contributed by atoms with Crippen LogP contribution in [0.15, 0.2) is 72.9 Å². The predicted octanol–water partition coefficient (Wildman–Crippen LogP) is 5.56. The fourth-order valence-corrected chi connectivity index (χ4v) is 5.91. The molecule has 1 saturated carbocycles. The van der Waals surface area contributed by atoms with Gasteiger partial charge in [-0.1, -0.05) is 49.4 Å². The van der Waals surface area contributed by atoms with E-state index in [2.05, 4.69) is 57.9 Å². The summed E-state index contributed by atoms with van der Waals surface area (Å²) in [5.74, 6) is 1.21. The Kier molecular flexibility index (Phi) is 6.32. The summed E-state index contributed by atoms with van der Waals surface area (Å²) in [7, 11) is 0. The van der Waals surface area contributed by atoms with Gasteiger partial charge in [0.15, 0.2) is 5.65 Å². The topological polar surface area (TPSA) is 98.9 Å². The number of rotatable bonds is 10. The Morgan fingerprint density at radius 3 is 2.74 bits per heavy atom. The monoisotopic (exact) mass is 507 g/mol. The van der Waals surface area contributed by atoms with Gasteiger partial charge >= 0.3 is 0 Å². The zero-order valence-corrected chi connectivity index (χ0v) is 21.9. The van der Waals surface area contributed by atoms with Crippen molar-refractivity contribution < 1.29 is 9.53 Å². The van der Waals surface area contributed by atoms with E-state index in [1.54, 1.807) is 12.3 Å². The van der Waals surface area contributed by atoms with Crippen LogP contribution in [0.25, 0.3) is 22.4 Å². The fraction of sp³-hybridized carbons (Fsp3) is 0.355. The molecule has 1 amide bonds. The Balaban J connectivity index is 1.07. The molecule has 1 spiro atoms. The number of benzene rings is 2. The Labute approximate surface area is 223 Å². The Morgan fingerprint density at radius 1 is 1.08 bits per heavy atom. The minimum absolute atomic E-state index is 0.0319. The number of ether oxygens (including phenoxy) is 1. The minimum Gasteiger partial charge on any atom is -0.493 e. The molecule has 2 unspecified atom stereocenters. The minimum atomic E-state index is -0.0319. The average Bonchev–Trinajstić information content (AvgIpc) is 3.78. The van der Waals surface area contributed by atoms with Crippen LogP contribution >= 0.6 is 0 Å². The van der Waals surface area contributed by atoms with E-state index in [0.717, 1.165) is 24.2 Å². The van der Waals surface area contributed by atoms with Crippen molar-refractivity contribution in [2.45, 2.75) is 57.5 Å². The molecule has 3 heterocycles. The van der Waals surface area contributed by atoms with Crippen molar-refractivity contribution in [2.75, 3.05) is 11.9 Å². The summed E-state index contributed by atoms with van der Waals surface area (Å²) in [5, 5.41) is 6.60. The van der Waals surface area contributed by atoms with E-state index in [0.29, 0.717) is 35.7 Å². The van der Waals surface area contributed by atoms with Crippen molar-refractivity contribution in [1.29, 1.82) is 0 Å². The molecule has 0 radical (unpaired) electrons. The maximum atomic E-state index is 12.9. The van der Waals surface area contributed by atoms with Crippen LogP contribution in [-0.2, 0) is 11.2 Å². The number of carbonyl (C=O) groups is 1. The van der Waals surface area contributed by atoms with Crippen molar-refractivity contribution in [3.63, 3.8) is 0 Å². The Bertz CT molecular complexity index is 1480. The van der Waals surface area contributed by atoms with E-state index in [9.17, 15) is 4.79 Å². The van der Waals surface area contributed by atoms with Gasteiger partial charge in [0.25, 0.3) is 0 Å². The number of amides is 1. The first-order valence-electron chi connectivity index (χ1n) is 13.5. The van der Waals surface area contributed by atoms with Crippen LogP contribution in [0, 0.1) is 5.41 Å². The highest BCUT2D eigenvalue weighted by Gasteiger charge is 2.76. The second kappa shape index (κ2) is 9.80. The molecule has 0 bridgehead atoms. The van der Waals surface area contributed by atoms with Gasteiger partial charge in [-0.25, -0.2) is 9.97 Å². The fourth-order valence-electron chi connectivity index (χ4n) is 5.91. The van der Waals surface area contributed by atoms with Crippen LogP contribution < -0.4 is 15.4 Å². The normalized spacial score (nSPS) is 23.4. The van der Waals surface area contributed by atoms with Crippen molar-refractivity contribution in [3.8, 4) is 17.0 Å². The van der Waals surface area contributed by atoms with E-state index < -0.39 is 0 Å².